The standard InChI is InChI=1S/C23H24ClN3O5S/c1-15-6-8-17(9-7-15)22-26-25-21(32-22)16(2)31-23(28)19-14-18(10-11-20(19)24)33(29,30)27-12-4-3-5-13-27/h6-11,14,16H,3-5,12-13H2,1-2H3. The topological polar surface area (TPSA) is 103 Å². The lowest BCUT2D eigenvalue weighted by Crippen LogP contribution is -2.35. The van der Waals surface area contributed by atoms with E-state index in [1.54, 1.807) is 6.92 Å². The van der Waals surface area contributed by atoms with Crippen molar-refractivity contribution in [2.24, 2.45) is 0 Å². The molecule has 33 heavy (non-hydrogen) atoms. The van der Waals surface area contributed by atoms with Crippen LogP contribution in [0.5, 0.6) is 0 Å². The molecule has 174 valence electrons. The molecule has 0 spiro atoms. The van der Waals surface area contributed by atoms with Crippen LogP contribution in [0.15, 0.2) is 51.8 Å². The maximum Gasteiger partial charge on any atom is 0.340 e. The Morgan fingerprint density at radius 2 is 1.79 bits per heavy atom. The van der Waals surface area contributed by atoms with Gasteiger partial charge in [0.1, 0.15) is 0 Å². The van der Waals surface area contributed by atoms with Crippen LogP contribution in [0, 0.1) is 6.92 Å². The first kappa shape index (κ1) is 23.4. The first-order valence-electron chi connectivity index (χ1n) is 10.7. The molecule has 0 aliphatic carbocycles. The van der Waals surface area contributed by atoms with E-state index in [1.165, 1.54) is 22.5 Å². The van der Waals surface area contributed by atoms with E-state index in [2.05, 4.69) is 10.2 Å². The predicted molar refractivity (Wildman–Crippen MR) is 122 cm³/mol. The summed E-state index contributed by atoms with van der Waals surface area (Å²) >= 11 is 6.19. The van der Waals surface area contributed by atoms with Crippen molar-refractivity contribution in [2.45, 2.75) is 44.1 Å². The van der Waals surface area contributed by atoms with Gasteiger partial charge >= 0.3 is 5.97 Å². The second-order valence-electron chi connectivity index (χ2n) is 7.97. The molecule has 1 aromatic heterocycles. The van der Waals surface area contributed by atoms with E-state index in [9.17, 15) is 13.2 Å². The number of hydrogen-bond acceptors (Lipinski definition) is 7. The fraction of sp³-hybridized carbons (Fsp3) is 0.348. The van der Waals surface area contributed by atoms with E-state index < -0.39 is 22.1 Å². The van der Waals surface area contributed by atoms with Crippen LogP contribution in [-0.4, -0.2) is 42.0 Å². The molecule has 0 radical (unpaired) electrons. The highest BCUT2D eigenvalue weighted by Crippen LogP contribution is 2.28. The van der Waals surface area contributed by atoms with Crippen molar-refractivity contribution >= 4 is 27.6 Å². The zero-order valence-corrected chi connectivity index (χ0v) is 19.9. The average Bonchev–Trinajstić information content (AvgIpc) is 3.31. The second kappa shape index (κ2) is 9.62. The fourth-order valence-electron chi connectivity index (χ4n) is 3.56. The minimum absolute atomic E-state index is 0.00727. The maximum absolute atomic E-state index is 13.0. The molecule has 0 N–H and O–H groups in total. The summed E-state index contributed by atoms with van der Waals surface area (Å²) in [7, 11) is -3.72. The summed E-state index contributed by atoms with van der Waals surface area (Å²) in [6.45, 7) is 4.49. The Hall–Kier alpha value is -2.75. The van der Waals surface area contributed by atoms with Gasteiger partial charge in [-0.25, -0.2) is 13.2 Å². The lowest BCUT2D eigenvalue weighted by atomic mass is 10.1. The molecule has 4 rings (SSSR count). The molecule has 1 fully saturated rings. The van der Waals surface area contributed by atoms with E-state index in [0.29, 0.717) is 19.0 Å². The van der Waals surface area contributed by atoms with E-state index in [-0.39, 0.29) is 21.4 Å². The molecule has 1 aliphatic rings. The van der Waals surface area contributed by atoms with Crippen LogP contribution in [0.25, 0.3) is 11.5 Å². The van der Waals surface area contributed by atoms with Crippen LogP contribution in [0.2, 0.25) is 5.02 Å². The van der Waals surface area contributed by atoms with Gasteiger partial charge in [-0.15, -0.1) is 10.2 Å². The van der Waals surface area contributed by atoms with Crippen molar-refractivity contribution < 1.29 is 22.4 Å². The minimum atomic E-state index is -3.72. The molecule has 1 unspecified atom stereocenters. The Morgan fingerprint density at radius 1 is 1.09 bits per heavy atom. The van der Waals surface area contributed by atoms with Gasteiger partial charge in [0.25, 0.3) is 5.89 Å². The van der Waals surface area contributed by atoms with E-state index in [0.717, 1.165) is 30.4 Å². The van der Waals surface area contributed by atoms with Crippen LogP contribution >= 0.6 is 11.6 Å². The molecule has 2 aromatic carbocycles. The molecule has 8 nitrogen and oxygen atoms in total. The van der Waals surface area contributed by atoms with Crippen LogP contribution in [0.3, 0.4) is 0 Å². The second-order valence-corrected chi connectivity index (χ2v) is 10.3. The minimum Gasteiger partial charge on any atom is -0.449 e. The number of ether oxygens (including phenoxy) is 1. The molecule has 0 saturated carbocycles. The van der Waals surface area contributed by atoms with Crippen LogP contribution in [0.1, 0.15) is 54.1 Å². The first-order valence-corrected chi connectivity index (χ1v) is 12.5. The molecule has 0 bridgehead atoms. The van der Waals surface area contributed by atoms with Gasteiger partial charge in [0, 0.05) is 18.7 Å². The number of aromatic nitrogens is 2. The third-order valence-corrected chi connectivity index (χ3v) is 7.71. The van der Waals surface area contributed by atoms with Crippen molar-refractivity contribution in [1.29, 1.82) is 0 Å². The largest absolute Gasteiger partial charge is 0.449 e. The van der Waals surface area contributed by atoms with Gasteiger partial charge in [-0.1, -0.05) is 35.7 Å². The van der Waals surface area contributed by atoms with Crippen molar-refractivity contribution in [3.8, 4) is 11.5 Å². The number of carbonyl (C=O) groups is 1. The van der Waals surface area contributed by atoms with Crippen LogP contribution < -0.4 is 0 Å². The Kier molecular flexibility index (Phi) is 6.83. The van der Waals surface area contributed by atoms with Gasteiger partial charge in [0.05, 0.1) is 15.5 Å². The maximum atomic E-state index is 13.0. The summed E-state index contributed by atoms with van der Waals surface area (Å²) < 4.78 is 38.5. The number of esters is 1. The highest BCUT2D eigenvalue weighted by Gasteiger charge is 2.28. The molecule has 1 atom stereocenters. The van der Waals surface area contributed by atoms with Crippen LogP contribution in [0.4, 0.5) is 0 Å². The van der Waals surface area contributed by atoms with Gasteiger partial charge in [0.2, 0.25) is 15.9 Å². The lowest BCUT2D eigenvalue weighted by Gasteiger charge is -2.26. The number of hydrogen-bond donors (Lipinski definition) is 0. The van der Waals surface area contributed by atoms with Crippen molar-refractivity contribution in [1.82, 2.24) is 14.5 Å². The highest BCUT2D eigenvalue weighted by atomic mass is 35.5. The summed E-state index contributed by atoms with van der Waals surface area (Å²) in [5, 5.41) is 8.08. The molecule has 10 heteroatoms. The smallest absolute Gasteiger partial charge is 0.340 e. The van der Waals surface area contributed by atoms with Gasteiger partial charge < -0.3 is 9.15 Å². The Balaban J connectivity index is 1.51. The summed E-state index contributed by atoms with van der Waals surface area (Å²) in [5.41, 5.74) is 1.80. The predicted octanol–water partition coefficient (Wildman–Crippen LogP) is 4.79. The number of rotatable bonds is 6. The molecule has 1 saturated heterocycles. The van der Waals surface area contributed by atoms with E-state index in [1.807, 2.05) is 31.2 Å². The normalized spacial score (nSPS) is 15.8. The van der Waals surface area contributed by atoms with Gasteiger partial charge in [0.15, 0.2) is 6.10 Å². The van der Waals surface area contributed by atoms with Gasteiger partial charge in [-0.3, -0.25) is 0 Å². The number of aryl methyl sites for hydroxylation is 1. The molecular formula is C23H24ClN3O5S. The third-order valence-electron chi connectivity index (χ3n) is 5.48. The third kappa shape index (κ3) is 5.10. The average molecular weight is 490 g/mol. The summed E-state index contributed by atoms with van der Waals surface area (Å²) in [5.74, 6) is -0.356. The van der Waals surface area contributed by atoms with Gasteiger partial charge in [-0.05, 0) is 57.0 Å². The van der Waals surface area contributed by atoms with E-state index in [4.69, 9.17) is 20.8 Å². The summed E-state index contributed by atoms with van der Waals surface area (Å²) in [6.07, 6.45) is 1.77. The number of nitrogens with zero attached hydrogens (tertiary/aromatic N) is 3. The monoisotopic (exact) mass is 489 g/mol. The lowest BCUT2D eigenvalue weighted by molar-refractivity contribution is 0.0280. The van der Waals surface area contributed by atoms with E-state index >= 15 is 0 Å². The number of piperidine rings is 1. The molecule has 0 amide bonds. The number of benzene rings is 2. The number of sulfonamides is 1. The molecular weight excluding hydrogens is 466 g/mol. The summed E-state index contributed by atoms with van der Waals surface area (Å²) in [6, 6.07) is 11.6. The van der Waals surface area contributed by atoms with Crippen molar-refractivity contribution in [3.63, 3.8) is 0 Å². The Morgan fingerprint density at radius 3 is 2.48 bits per heavy atom. The molecule has 2 heterocycles. The number of halogens is 1. The SMILES string of the molecule is Cc1ccc(-c2nnc(C(C)OC(=O)c3cc(S(=O)(=O)N4CCCCC4)ccc3Cl)o2)cc1. The highest BCUT2D eigenvalue weighted by molar-refractivity contribution is 7.89. The molecule has 1 aliphatic heterocycles. The Bertz CT molecular complexity index is 1250. The van der Waals surface area contributed by atoms with Crippen LogP contribution in [-0.2, 0) is 14.8 Å². The summed E-state index contributed by atoms with van der Waals surface area (Å²) in [4.78, 5) is 12.8. The zero-order chi connectivity index (χ0) is 23.6. The fourth-order valence-corrected chi connectivity index (χ4v) is 5.30. The van der Waals surface area contributed by atoms with Crippen molar-refractivity contribution in [2.75, 3.05) is 13.1 Å². The Labute approximate surface area is 197 Å². The zero-order valence-electron chi connectivity index (χ0n) is 18.3. The quantitative estimate of drug-likeness (QED) is 0.458. The van der Waals surface area contributed by atoms with Gasteiger partial charge in [-0.2, -0.15) is 4.31 Å². The first-order chi connectivity index (χ1) is 15.8. The number of carbonyl (C=O) groups excluding carboxylic acids is 1. The van der Waals surface area contributed by atoms with Crippen molar-refractivity contribution in [3.05, 3.63) is 64.5 Å². The molecule has 3 aromatic rings.